The van der Waals surface area contributed by atoms with Gasteiger partial charge in [-0.3, -0.25) is 0 Å². The molecule has 0 heteroatoms. The third kappa shape index (κ3) is 8.00. The van der Waals surface area contributed by atoms with Crippen molar-refractivity contribution in [3.8, 4) is 0 Å². The maximum atomic E-state index is 2.33. The molecule has 0 bridgehead atoms. The van der Waals surface area contributed by atoms with Crippen LogP contribution in [0.25, 0.3) is 0 Å². The van der Waals surface area contributed by atoms with E-state index in [1.807, 2.05) is 0 Å². The van der Waals surface area contributed by atoms with Crippen molar-refractivity contribution < 1.29 is 0 Å². The Balaban J connectivity index is -0.000000245. The zero-order valence-corrected chi connectivity index (χ0v) is 6.62. The molecule has 0 radical (unpaired) electrons. The average molecular weight is 146 g/mol. The SMILES string of the molecule is C.C.CCCC(C)(C)CC. The summed E-state index contributed by atoms with van der Waals surface area (Å²) in [7, 11) is 0. The van der Waals surface area contributed by atoms with Crippen molar-refractivity contribution in [2.45, 2.75) is 61.8 Å². The minimum Gasteiger partial charge on any atom is -0.0776 e. The lowest BCUT2D eigenvalue weighted by molar-refractivity contribution is 0.319. The minimum atomic E-state index is 0. The summed E-state index contributed by atoms with van der Waals surface area (Å²) in [6, 6.07) is 0. The van der Waals surface area contributed by atoms with Crippen LogP contribution >= 0.6 is 0 Å². The zero-order valence-electron chi connectivity index (χ0n) is 6.62. The van der Waals surface area contributed by atoms with Crippen LogP contribution in [0, 0.1) is 5.41 Å². The predicted molar refractivity (Wildman–Crippen MR) is 52.4 cm³/mol. The summed E-state index contributed by atoms with van der Waals surface area (Å²) in [5, 5.41) is 0. The largest absolute Gasteiger partial charge is 0.0776 e. The fourth-order valence-corrected chi connectivity index (χ4v) is 0.854. The van der Waals surface area contributed by atoms with E-state index in [4.69, 9.17) is 0 Å². The van der Waals surface area contributed by atoms with Crippen molar-refractivity contribution in [1.29, 1.82) is 0 Å². The Morgan fingerprint density at radius 1 is 1.00 bits per heavy atom. The Morgan fingerprint density at radius 3 is 1.50 bits per heavy atom. The van der Waals surface area contributed by atoms with E-state index in [1.54, 1.807) is 0 Å². The van der Waals surface area contributed by atoms with E-state index < -0.39 is 0 Å². The first kappa shape index (κ1) is 16.5. The van der Waals surface area contributed by atoms with Crippen LogP contribution in [-0.2, 0) is 0 Å². The van der Waals surface area contributed by atoms with Crippen LogP contribution in [-0.4, -0.2) is 0 Å². The molecule has 0 amide bonds. The van der Waals surface area contributed by atoms with Gasteiger partial charge in [0, 0.05) is 0 Å². The van der Waals surface area contributed by atoms with E-state index in [1.165, 1.54) is 19.3 Å². The normalized spacial score (nSPS) is 9.60. The van der Waals surface area contributed by atoms with Crippen molar-refractivity contribution in [2.75, 3.05) is 0 Å². The lowest BCUT2D eigenvalue weighted by Gasteiger charge is -2.20. The van der Waals surface area contributed by atoms with Crippen molar-refractivity contribution in [1.82, 2.24) is 0 Å². The van der Waals surface area contributed by atoms with Crippen molar-refractivity contribution >= 4 is 0 Å². The van der Waals surface area contributed by atoms with Crippen LogP contribution in [0.5, 0.6) is 0 Å². The number of hydrogen-bond donors (Lipinski definition) is 0. The molecule has 0 aliphatic rings. The molecule has 0 aromatic rings. The van der Waals surface area contributed by atoms with Crippen LogP contribution < -0.4 is 0 Å². The van der Waals surface area contributed by atoms with Crippen molar-refractivity contribution in [3.05, 3.63) is 0 Å². The fraction of sp³-hybridized carbons (Fsp3) is 1.00. The van der Waals surface area contributed by atoms with Gasteiger partial charge >= 0.3 is 0 Å². The Kier molecular flexibility index (Phi) is 11.8. The summed E-state index contributed by atoms with van der Waals surface area (Å²) in [6.07, 6.45) is 3.99. The summed E-state index contributed by atoms with van der Waals surface area (Å²) in [5.41, 5.74) is 0.592. The molecule has 0 nitrogen and oxygen atoms in total. The molecule has 0 aromatic heterocycles. The summed E-state index contributed by atoms with van der Waals surface area (Å²) in [5.74, 6) is 0. The molecule has 66 valence electrons. The fourth-order valence-electron chi connectivity index (χ4n) is 0.854. The Bertz CT molecular complexity index is 53.1. The topological polar surface area (TPSA) is 0 Å². The molecule has 0 aliphatic carbocycles. The van der Waals surface area contributed by atoms with Gasteiger partial charge in [-0.15, -0.1) is 0 Å². The molecular formula is C10H26. The van der Waals surface area contributed by atoms with Crippen LogP contribution in [0.4, 0.5) is 0 Å². The van der Waals surface area contributed by atoms with E-state index in [9.17, 15) is 0 Å². The molecule has 0 aliphatic heterocycles. The highest BCUT2D eigenvalue weighted by Crippen LogP contribution is 2.25. The maximum absolute atomic E-state index is 2.33. The molecule has 0 unspecified atom stereocenters. The van der Waals surface area contributed by atoms with E-state index >= 15 is 0 Å². The Morgan fingerprint density at radius 2 is 1.40 bits per heavy atom. The quantitative estimate of drug-likeness (QED) is 0.550. The molecule has 0 N–H and O–H groups in total. The Labute approximate surface area is 68.0 Å². The van der Waals surface area contributed by atoms with Gasteiger partial charge in [0.1, 0.15) is 0 Å². The molecular weight excluding hydrogens is 120 g/mol. The van der Waals surface area contributed by atoms with Gasteiger partial charge in [-0.25, -0.2) is 0 Å². The van der Waals surface area contributed by atoms with E-state index in [0.29, 0.717) is 5.41 Å². The molecule has 10 heavy (non-hydrogen) atoms. The van der Waals surface area contributed by atoms with Gasteiger partial charge in [-0.1, -0.05) is 55.4 Å². The van der Waals surface area contributed by atoms with Gasteiger partial charge in [-0.2, -0.15) is 0 Å². The molecule has 0 aromatic carbocycles. The molecule has 0 fully saturated rings. The third-order valence-electron chi connectivity index (χ3n) is 1.88. The van der Waals surface area contributed by atoms with Crippen LogP contribution in [0.2, 0.25) is 0 Å². The van der Waals surface area contributed by atoms with Crippen molar-refractivity contribution in [2.24, 2.45) is 5.41 Å². The summed E-state index contributed by atoms with van der Waals surface area (Å²) < 4.78 is 0. The monoisotopic (exact) mass is 146 g/mol. The third-order valence-corrected chi connectivity index (χ3v) is 1.88. The van der Waals surface area contributed by atoms with Crippen LogP contribution in [0.3, 0.4) is 0 Å². The number of hydrogen-bond acceptors (Lipinski definition) is 0. The standard InChI is InChI=1S/C8H18.2CH4/c1-5-7-8(3,4)6-2;;/h5-7H2,1-4H3;2*1H4. The molecule has 0 atom stereocenters. The van der Waals surface area contributed by atoms with Crippen LogP contribution in [0.1, 0.15) is 61.8 Å². The lowest BCUT2D eigenvalue weighted by Crippen LogP contribution is -2.07. The zero-order chi connectivity index (χ0) is 6.62. The summed E-state index contributed by atoms with van der Waals surface area (Å²) in [6.45, 7) is 9.17. The molecule has 0 heterocycles. The summed E-state index contributed by atoms with van der Waals surface area (Å²) in [4.78, 5) is 0. The van der Waals surface area contributed by atoms with E-state index in [-0.39, 0.29) is 14.9 Å². The highest BCUT2D eigenvalue weighted by Gasteiger charge is 2.11. The first-order chi connectivity index (χ1) is 3.62. The molecule has 0 spiro atoms. The van der Waals surface area contributed by atoms with Gasteiger partial charge in [0.05, 0.1) is 0 Å². The van der Waals surface area contributed by atoms with Gasteiger partial charge in [0.15, 0.2) is 0 Å². The first-order valence-corrected chi connectivity index (χ1v) is 3.62. The van der Waals surface area contributed by atoms with E-state index in [0.717, 1.165) is 0 Å². The lowest BCUT2D eigenvalue weighted by atomic mass is 9.86. The molecule has 0 saturated heterocycles. The predicted octanol–water partition coefficient (Wildman–Crippen LogP) is 4.49. The highest BCUT2D eigenvalue weighted by atomic mass is 14.2. The van der Waals surface area contributed by atoms with E-state index in [2.05, 4.69) is 27.7 Å². The Hall–Kier alpha value is 0. The summed E-state index contributed by atoms with van der Waals surface area (Å²) >= 11 is 0. The second-order valence-corrected chi connectivity index (χ2v) is 3.27. The van der Waals surface area contributed by atoms with Gasteiger partial charge in [0.25, 0.3) is 0 Å². The maximum Gasteiger partial charge on any atom is -0.0357 e. The smallest absolute Gasteiger partial charge is 0.0357 e. The van der Waals surface area contributed by atoms with Gasteiger partial charge < -0.3 is 0 Å². The number of rotatable bonds is 3. The van der Waals surface area contributed by atoms with Gasteiger partial charge in [-0.05, 0) is 11.8 Å². The second kappa shape index (κ2) is 7.11. The minimum absolute atomic E-state index is 0. The molecule has 0 rings (SSSR count). The average Bonchev–Trinajstić information content (AvgIpc) is 1.67. The second-order valence-electron chi connectivity index (χ2n) is 3.27. The van der Waals surface area contributed by atoms with Crippen LogP contribution in [0.15, 0.2) is 0 Å². The highest BCUT2D eigenvalue weighted by molar-refractivity contribution is 4.63. The van der Waals surface area contributed by atoms with Gasteiger partial charge in [0.2, 0.25) is 0 Å². The van der Waals surface area contributed by atoms with Crippen molar-refractivity contribution in [3.63, 3.8) is 0 Å². The molecule has 0 saturated carbocycles. The first-order valence-electron chi connectivity index (χ1n) is 3.62.